The number of hydrogen-bond donors (Lipinski definition) is 2. The van der Waals surface area contributed by atoms with Gasteiger partial charge in [-0.15, -0.1) is 0 Å². The van der Waals surface area contributed by atoms with Crippen LogP contribution in [0.5, 0.6) is 11.5 Å². The third kappa shape index (κ3) is 5.87. The highest BCUT2D eigenvalue weighted by Gasteiger charge is 2.16. The molecule has 0 saturated heterocycles. The molecule has 0 aliphatic heterocycles. The molecule has 148 valence electrons. The highest BCUT2D eigenvalue weighted by atomic mass is 16.5. The van der Waals surface area contributed by atoms with E-state index in [1.54, 1.807) is 12.1 Å². The van der Waals surface area contributed by atoms with Gasteiger partial charge in [0.25, 0.3) is 5.91 Å². The predicted octanol–water partition coefficient (Wildman–Crippen LogP) is 4.11. The summed E-state index contributed by atoms with van der Waals surface area (Å²) >= 11 is 0. The van der Waals surface area contributed by atoms with Gasteiger partial charge >= 0.3 is 5.97 Å². The van der Waals surface area contributed by atoms with Crippen LogP contribution in [0.1, 0.15) is 37.8 Å². The molecule has 0 aliphatic carbocycles. The maximum absolute atomic E-state index is 12.2. The molecule has 28 heavy (non-hydrogen) atoms. The molecule has 2 N–H and O–H groups in total. The first-order valence-electron chi connectivity index (χ1n) is 8.96. The average molecular weight is 383 g/mol. The van der Waals surface area contributed by atoms with Crippen molar-refractivity contribution in [2.75, 3.05) is 12.4 Å². The first-order chi connectivity index (χ1) is 13.3. The molecule has 1 amide bonds. The SMILES string of the molecule is COc1cc(C=CC(=O)OC(C)C(=O)Nc2ccc(C(C)C)cc2)ccc1O. The molecule has 0 spiro atoms. The Balaban J connectivity index is 1.91. The second-order valence-corrected chi connectivity index (χ2v) is 6.61. The Hall–Kier alpha value is -3.28. The van der Waals surface area contributed by atoms with Gasteiger partial charge in [0.1, 0.15) is 0 Å². The summed E-state index contributed by atoms with van der Waals surface area (Å²) in [5.74, 6) is -0.346. The summed E-state index contributed by atoms with van der Waals surface area (Å²) in [4.78, 5) is 24.2. The largest absolute Gasteiger partial charge is 0.504 e. The highest BCUT2D eigenvalue weighted by molar-refractivity contribution is 5.96. The van der Waals surface area contributed by atoms with E-state index in [0.717, 1.165) is 0 Å². The fraction of sp³-hybridized carbons (Fsp3) is 0.273. The van der Waals surface area contributed by atoms with Crippen molar-refractivity contribution in [1.29, 1.82) is 0 Å². The van der Waals surface area contributed by atoms with Gasteiger partial charge in [-0.3, -0.25) is 4.79 Å². The normalized spacial score (nSPS) is 12.0. The van der Waals surface area contributed by atoms with Gasteiger partial charge in [0.15, 0.2) is 17.6 Å². The predicted molar refractivity (Wildman–Crippen MR) is 108 cm³/mol. The van der Waals surface area contributed by atoms with Gasteiger partial charge in [-0.1, -0.05) is 32.0 Å². The molecule has 1 atom stereocenters. The molecule has 0 radical (unpaired) electrons. The van der Waals surface area contributed by atoms with E-state index >= 15 is 0 Å². The fourth-order valence-corrected chi connectivity index (χ4v) is 2.42. The molecule has 0 bridgehead atoms. The second kappa shape index (κ2) is 9.60. The lowest BCUT2D eigenvalue weighted by molar-refractivity contribution is -0.148. The van der Waals surface area contributed by atoms with Crippen molar-refractivity contribution in [2.45, 2.75) is 32.8 Å². The van der Waals surface area contributed by atoms with E-state index in [9.17, 15) is 14.7 Å². The molecule has 6 heteroatoms. The number of phenolic OH excluding ortho intramolecular Hbond substituents is 1. The van der Waals surface area contributed by atoms with E-state index in [4.69, 9.17) is 9.47 Å². The lowest BCUT2D eigenvalue weighted by Crippen LogP contribution is -2.29. The minimum absolute atomic E-state index is 0.00828. The summed E-state index contributed by atoms with van der Waals surface area (Å²) in [5, 5.41) is 12.3. The van der Waals surface area contributed by atoms with E-state index in [2.05, 4.69) is 19.2 Å². The second-order valence-electron chi connectivity index (χ2n) is 6.61. The Morgan fingerprint density at radius 3 is 2.36 bits per heavy atom. The highest BCUT2D eigenvalue weighted by Crippen LogP contribution is 2.26. The minimum atomic E-state index is -0.948. The van der Waals surface area contributed by atoms with Crippen LogP contribution in [0.2, 0.25) is 0 Å². The lowest BCUT2D eigenvalue weighted by Gasteiger charge is -2.13. The van der Waals surface area contributed by atoms with Crippen LogP contribution in [0.4, 0.5) is 5.69 Å². The Morgan fingerprint density at radius 2 is 1.75 bits per heavy atom. The van der Waals surface area contributed by atoms with Crippen LogP contribution in [-0.2, 0) is 14.3 Å². The molecule has 0 heterocycles. The molecule has 0 aliphatic rings. The topological polar surface area (TPSA) is 84.9 Å². The van der Waals surface area contributed by atoms with Crippen LogP contribution in [-0.4, -0.2) is 30.2 Å². The standard InChI is InChI=1S/C22H25NO5/c1-14(2)17-7-9-18(10-8-17)23-22(26)15(3)28-21(25)12-6-16-5-11-19(24)20(13-16)27-4/h5-15,24H,1-4H3,(H,23,26). The van der Waals surface area contributed by atoms with Crippen LogP contribution in [0.25, 0.3) is 6.08 Å². The first kappa shape index (κ1) is 21.0. The number of methoxy groups -OCH3 is 1. The third-order valence-electron chi connectivity index (χ3n) is 4.12. The minimum Gasteiger partial charge on any atom is -0.504 e. The molecular weight excluding hydrogens is 358 g/mol. The summed E-state index contributed by atoms with van der Waals surface area (Å²) < 4.78 is 10.1. The fourth-order valence-electron chi connectivity index (χ4n) is 2.42. The summed E-state index contributed by atoms with van der Waals surface area (Å²) in [7, 11) is 1.44. The zero-order chi connectivity index (χ0) is 20.7. The zero-order valence-corrected chi connectivity index (χ0v) is 16.4. The van der Waals surface area contributed by atoms with Crippen molar-refractivity contribution in [3.8, 4) is 11.5 Å². The van der Waals surface area contributed by atoms with Crippen LogP contribution < -0.4 is 10.1 Å². The molecule has 0 fully saturated rings. The molecule has 6 nitrogen and oxygen atoms in total. The number of aromatic hydroxyl groups is 1. The van der Waals surface area contributed by atoms with Gasteiger partial charge in [0.05, 0.1) is 7.11 Å². The molecule has 0 saturated carbocycles. The summed E-state index contributed by atoms with van der Waals surface area (Å²) in [6, 6.07) is 12.2. The number of benzene rings is 2. The number of phenols is 1. The maximum Gasteiger partial charge on any atom is 0.331 e. The number of amides is 1. The van der Waals surface area contributed by atoms with Gasteiger partial charge in [0.2, 0.25) is 0 Å². The Bertz CT molecular complexity index is 856. The quantitative estimate of drug-likeness (QED) is 0.555. The molecule has 2 rings (SSSR count). The van der Waals surface area contributed by atoms with E-state index in [0.29, 0.717) is 22.9 Å². The molecule has 0 aromatic heterocycles. The number of ether oxygens (including phenoxy) is 2. The zero-order valence-electron chi connectivity index (χ0n) is 16.4. The molecular formula is C22H25NO5. The molecule has 1 unspecified atom stereocenters. The number of hydrogen-bond acceptors (Lipinski definition) is 5. The van der Waals surface area contributed by atoms with Gasteiger partial charge < -0.3 is 19.9 Å². The first-order valence-corrected chi connectivity index (χ1v) is 8.96. The van der Waals surface area contributed by atoms with E-state index in [1.807, 2.05) is 24.3 Å². The number of esters is 1. The van der Waals surface area contributed by atoms with Gasteiger partial charge in [-0.2, -0.15) is 0 Å². The molecule has 2 aromatic rings. The Labute approximate surface area is 164 Å². The number of nitrogens with one attached hydrogen (secondary N) is 1. The number of carbonyl (C=O) groups is 2. The van der Waals surface area contributed by atoms with E-state index < -0.39 is 18.0 Å². The summed E-state index contributed by atoms with van der Waals surface area (Å²) in [6.45, 7) is 5.70. The number of rotatable bonds is 7. The third-order valence-corrected chi connectivity index (χ3v) is 4.12. The van der Waals surface area contributed by atoms with Crippen LogP contribution in [0.3, 0.4) is 0 Å². The van der Waals surface area contributed by atoms with Crippen molar-refractivity contribution in [3.63, 3.8) is 0 Å². The lowest BCUT2D eigenvalue weighted by atomic mass is 10.0. The number of carbonyl (C=O) groups excluding carboxylic acids is 2. The smallest absolute Gasteiger partial charge is 0.331 e. The van der Waals surface area contributed by atoms with Gasteiger partial charge in [-0.25, -0.2) is 4.79 Å². The van der Waals surface area contributed by atoms with Crippen LogP contribution in [0, 0.1) is 0 Å². The van der Waals surface area contributed by atoms with E-state index in [-0.39, 0.29) is 5.75 Å². The van der Waals surface area contributed by atoms with Crippen molar-refractivity contribution in [3.05, 3.63) is 59.7 Å². The van der Waals surface area contributed by atoms with Crippen molar-refractivity contribution in [2.24, 2.45) is 0 Å². The van der Waals surface area contributed by atoms with E-state index in [1.165, 1.54) is 37.8 Å². The maximum atomic E-state index is 12.2. The van der Waals surface area contributed by atoms with Crippen LogP contribution >= 0.6 is 0 Å². The molecule has 2 aromatic carbocycles. The summed E-state index contributed by atoms with van der Waals surface area (Å²) in [6.07, 6.45) is 1.78. The van der Waals surface area contributed by atoms with Crippen molar-refractivity contribution in [1.82, 2.24) is 0 Å². The van der Waals surface area contributed by atoms with Crippen molar-refractivity contribution < 1.29 is 24.2 Å². The average Bonchev–Trinajstić information content (AvgIpc) is 2.67. The Kier molecular flexibility index (Phi) is 7.21. The van der Waals surface area contributed by atoms with Gasteiger partial charge in [0, 0.05) is 11.8 Å². The monoisotopic (exact) mass is 383 g/mol. The van der Waals surface area contributed by atoms with Gasteiger partial charge in [-0.05, 0) is 54.3 Å². The summed E-state index contributed by atoms with van der Waals surface area (Å²) in [5.41, 5.74) is 2.46. The number of anilines is 1. The van der Waals surface area contributed by atoms with Crippen molar-refractivity contribution >= 4 is 23.6 Å². The van der Waals surface area contributed by atoms with Crippen LogP contribution in [0.15, 0.2) is 48.5 Å². The Morgan fingerprint density at radius 1 is 1.07 bits per heavy atom.